The predicted octanol–water partition coefficient (Wildman–Crippen LogP) is 3.53. The van der Waals surface area contributed by atoms with Gasteiger partial charge in [0.05, 0.1) is 0 Å². The number of aromatic nitrogens is 1. The largest absolute Gasteiger partial charge is 0.478 e. The first-order valence-electron chi connectivity index (χ1n) is 6.32. The summed E-state index contributed by atoms with van der Waals surface area (Å²) in [6.45, 7) is 2.05. The second kappa shape index (κ2) is 6.52. The number of carboxylic acid groups (broad SMARTS) is 1. The number of nitrogens with zero attached hydrogens (tertiary/aromatic N) is 1. The third-order valence-corrected chi connectivity index (χ3v) is 2.77. The van der Waals surface area contributed by atoms with Crippen LogP contribution >= 0.6 is 0 Å². The Morgan fingerprint density at radius 1 is 1.30 bits per heavy atom. The first kappa shape index (κ1) is 13.8. The highest BCUT2D eigenvalue weighted by Crippen LogP contribution is 2.27. The van der Waals surface area contributed by atoms with Crippen LogP contribution in [0.2, 0.25) is 0 Å². The Hall–Kier alpha value is -2.62. The Kier molecular flexibility index (Phi) is 4.50. The molecule has 0 saturated carbocycles. The number of hydrogen-bond donors (Lipinski definition) is 1. The summed E-state index contributed by atoms with van der Waals surface area (Å²) in [7, 11) is 0. The molecule has 2 rings (SSSR count). The number of pyridine rings is 1. The number of para-hydroxylation sites is 1. The Morgan fingerprint density at radius 2 is 2.10 bits per heavy atom. The van der Waals surface area contributed by atoms with E-state index in [0.29, 0.717) is 11.4 Å². The Labute approximate surface area is 117 Å². The number of carbonyl (C=O) groups is 1. The molecule has 4 heteroatoms. The molecule has 2 aromatic rings. The minimum absolute atomic E-state index is 0.394. The summed E-state index contributed by atoms with van der Waals surface area (Å²) in [6, 6.07) is 11.2. The lowest BCUT2D eigenvalue weighted by molar-refractivity contribution is -0.131. The van der Waals surface area contributed by atoms with E-state index in [-0.39, 0.29) is 0 Å². The molecule has 4 nitrogen and oxygen atoms in total. The molecule has 0 bridgehead atoms. The van der Waals surface area contributed by atoms with Crippen LogP contribution < -0.4 is 4.74 Å². The second-order valence-corrected chi connectivity index (χ2v) is 4.13. The first-order valence-corrected chi connectivity index (χ1v) is 6.32. The number of hydrogen-bond acceptors (Lipinski definition) is 3. The maximum absolute atomic E-state index is 10.6. The van der Waals surface area contributed by atoms with Crippen LogP contribution in [0.15, 0.2) is 48.7 Å². The van der Waals surface area contributed by atoms with Crippen LogP contribution in [0.1, 0.15) is 18.1 Å². The number of aryl methyl sites for hydroxylation is 1. The highest BCUT2D eigenvalue weighted by molar-refractivity contribution is 5.85. The molecule has 0 amide bonds. The van der Waals surface area contributed by atoms with Gasteiger partial charge >= 0.3 is 5.97 Å². The summed E-state index contributed by atoms with van der Waals surface area (Å²) in [5.41, 5.74) is 1.70. The van der Waals surface area contributed by atoms with Gasteiger partial charge in [-0.2, -0.15) is 0 Å². The Morgan fingerprint density at radius 3 is 2.85 bits per heavy atom. The molecule has 102 valence electrons. The summed E-state index contributed by atoms with van der Waals surface area (Å²) in [4.78, 5) is 14.8. The quantitative estimate of drug-likeness (QED) is 0.843. The molecular weight excluding hydrogens is 254 g/mol. The average Bonchev–Trinajstić information content (AvgIpc) is 2.47. The average molecular weight is 269 g/mol. The van der Waals surface area contributed by atoms with Crippen LogP contribution in [0, 0.1) is 0 Å². The summed E-state index contributed by atoms with van der Waals surface area (Å²) in [5, 5.41) is 8.69. The molecule has 1 N–H and O–H groups in total. The predicted molar refractivity (Wildman–Crippen MR) is 76.8 cm³/mol. The zero-order valence-corrected chi connectivity index (χ0v) is 11.1. The van der Waals surface area contributed by atoms with Gasteiger partial charge in [-0.3, -0.25) is 0 Å². The van der Waals surface area contributed by atoms with E-state index in [0.717, 1.165) is 23.8 Å². The molecule has 0 aliphatic carbocycles. The van der Waals surface area contributed by atoms with E-state index in [4.69, 9.17) is 9.84 Å². The lowest BCUT2D eigenvalue weighted by atomic mass is 10.1. The molecule has 0 aliphatic rings. The van der Waals surface area contributed by atoms with Gasteiger partial charge in [0.15, 0.2) is 0 Å². The maximum Gasteiger partial charge on any atom is 0.328 e. The molecule has 20 heavy (non-hydrogen) atoms. The van der Waals surface area contributed by atoms with Gasteiger partial charge in [-0.25, -0.2) is 9.78 Å². The molecule has 0 fully saturated rings. The molecule has 0 aliphatic heterocycles. The van der Waals surface area contributed by atoms with Gasteiger partial charge in [-0.1, -0.05) is 25.1 Å². The van der Waals surface area contributed by atoms with Crippen molar-refractivity contribution in [3.05, 3.63) is 59.8 Å². The lowest BCUT2D eigenvalue weighted by Gasteiger charge is -2.10. The van der Waals surface area contributed by atoms with Gasteiger partial charge in [0.1, 0.15) is 5.75 Å². The molecular formula is C16H15NO3. The van der Waals surface area contributed by atoms with E-state index in [2.05, 4.69) is 4.98 Å². The molecule has 0 saturated heterocycles. The summed E-state index contributed by atoms with van der Waals surface area (Å²) in [5.74, 6) is 0.123. The zero-order chi connectivity index (χ0) is 14.4. The molecule has 0 radical (unpaired) electrons. The van der Waals surface area contributed by atoms with Gasteiger partial charge in [0.2, 0.25) is 5.88 Å². The molecule has 1 heterocycles. The van der Waals surface area contributed by atoms with Crippen molar-refractivity contribution in [2.45, 2.75) is 13.3 Å². The van der Waals surface area contributed by atoms with Crippen molar-refractivity contribution in [1.82, 2.24) is 4.98 Å². The van der Waals surface area contributed by atoms with Crippen molar-refractivity contribution < 1.29 is 14.6 Å². The number of carboxylic acids is 1. The van der Waals surface area contributed by atoms with Crippen LogP contribution in [0.5, 0.6) is 11.6 Å². The minimum atomic E-state index is -1.01. The highest BCUT2D eigenvalue weighted by Gasteiger charge is 2.07. The fraction of sp³-hybridized carbons (Fsp3) is 0.125. The van der Waals surface area contributed by atoms with E-state index in [9.17, 15) is 4.79 Å². The monoisotopic (exact) mass is 269 g/mol. The fourth-order valence-electron chi connectivity index (χ4n) is 1.78. The van der Waals surface area contributed by atoms with Crippen LogP contribution in [-0.4, -0.2) is 16.1 Å². The van der Waals surface area contributed by atoms with Crippen molar-refractivity contribution >= 4 is 12.0 Å². The van der Waals surface area contributed by atoms with Gasteiger partial charge in [0, 0.05) is 17.8 Å². The standard InChI is InChI=1S/C16H15NO3/c1-2-12-6-3-4-8-14(12)20-16-13(7-5-11-17-16)9-10-15(18)19/h3-11H,2H2,1H3,(H,18,19)/b10-9+. The van der Waals surface area contributed by atoms with Crippen molar-refractivity contribution in [3.8, 4) is 11.6 Å². The van der Waals surface area contributed by atoms with Crippen LogP contribution in [-0.2, 0) is 11.2 Å². The first-order chi connectivity index (χ1) is 9.70. The van der Waals surface area contributed by atoms with Gasteiger partial charge < -0.3 is 9.84 Å². The van der Waals surface area contributed by atoms with Crippen LogP contribution in [0.25, 0.3) is 6.08 Å². The van der Waals surface area contributed by atoms with Gasteiger partial charge in [-0.05, 0) is 36.3 Å². The van der Waals surface area contributed by atoms with Crippen molar-refractivity contribution in [3.63, 3.8) is 0 Å². The number of rotatable bonds is 5. The molecule has 1 aromatic carbocycles. The van der Waals surface area contributed by atoms with Crippen LogP contribution in [0.4, 0.5) is 0 Å². The van der Waals surface area contributed by atoms with E-state index in [1.165, 1.54) is 6.08 Å². The Bertz CT molecular complexity index is 635. The topological polar surface area (TPSA) is 59.4 Å². The van der Waals surface area contributed by atoms with E-state index in [1.807, 2.05) is 31.2 Å². The zero-order valence-electron chi connectivity index (χ0n) is 11.1. The lowest BCUT2D eigenvalue weighted by Crippen LogP contribution is -1.94. The summed E-state index contributed by atoms with van der Waals surface area (Å²) in [6.07, 6.45) is 5.00. The fourth-order valence-corrected chi connectivity index (χ4v) is 1.78. The van der Waals surface area contributed by atoms with E-state index in [1.54, 1.807) is 18.3 Å². The highest BCUT2D eigenvalue weighted by atomic mass is 16.5. The number of benzene rings is 1. The molecule has 0 atom stereocenters. The van der Waals surface area contributed by atoms with Gasteiger partial charge in [0.25, 0.3) is 0 Å². The SMILES string of the molecule is CCc1ccccc1Oc1ncccc1/C=C/C(=O)O. The third kappa shape index (κ3) is 3.45. The Balaban J connectivity index is 2.31. The van der Waals surface area contributed by atoms with E-state index < -0.39 is 5.97 Å². The van der Waals surface area contributed by atoms with Gasteiger partial charge in [-0.15, -0.1) is 0 Å². The number of aliphatic carboxylic acids is 1. The third-order valence-electron chi connectivity index (χ3n) is 2.77. The number of ether oxygens (including phenoxy) is 1. The van der Waals surface area contributed by atoms with Crippen molar-refractivity contribution in [2.24, 2.45) is 0 Å². The van der Waals surface area contributed by atoms with Crippen molar-refractivity contribution in [2.75, 3.05) is 0 Å². The second-order valence-electron chi connectivity index (χ2n) is 4.13. The molecule has 0 unspecified atom stereocenters. The normalized spacial score (nSPS) is 10.7. The summed E-state index contributed by atoms with van der Waals surface area (Å²) >= 11 is 0. The smallest absolute Gasteiger partial charge is 0.328 e. The van der Waals surface area contributed by atoms with Crippen molar-refractivity contribution in [1.29, 1.82) is 0 Å². The van der Waals surface area contributed by atoms with Crippen LogP contribution in [0.3, 0.4) is 0 Å². The van der Waals surface area contributed by atoms with E-state index >= 15 is 0 Å². The minimum Gasteiger partial charge on any atom is -0.478 e. The molecule has 1 aromatic heterocycles. The molecule has 0 spiro atoms. The maximum atomic E-state index is 10.6. The summed E-state index contributed by atoms with van der Waals surface area (Å²) < 4.78 is 5.81.